The molecule has 2 fully saturated rings. The molecule has 1 aromatic carbocycles. The lowest BCUT2D eigenvalue weighted by atomic mass is 9.85. The van der Waals surface area contributed by atoms with Crippen molar-refractivity contribution >= 4 is 34.0 Å². The molecule has 124 valence electrons. The van der Waals surface area contributed by atoms with Gasteiger partial charge >= 0.3 is 0 Å². The van der Waals surface area contributed by atoms with Crippen LogP contribution in [0.15, 0.2) is 39.9 Å². The highest BCUT2D eigenvalue weighted by Crippen LogP contribution is 2.52. The number of hydrazone groups is 1. The van der Waals surface area contributed by atoms with Crippen LogP contribution >= 0.6 is 15.9 Å². The SMILES string of the molecule is CCOc1ccc(Br)cc1C=NN1C(=O)C2C3C=CC(C3)C2C1=O. The van der Waals surface area contributed by atoms with Crippen LogP contribution in [0, 0.1) is 23.7 Å². The minimum atomic E-state index is -0.224. The molecule has 5 nitrogen and oxygen atoms in total. The van der Waals surface area contributed by atoms with E-state index in [1.54, 1.807) is 0 Å². The third kappa shape index (κ3) is 2.32. The van der Waals surface area contributed by atoms with E-state index in [9.17, 15) is 9.59 Å². The van der Waals surface area contributed by atoms with Crippen molar-refractivity contribution in [3.05, 3.63) is 40.4 Å². The Morgan fingerprint density at radius 2 is 1.92 bits per heavy atom. The van der Waals surface area contributed by atoms with E-state index >= 15 is 0 Å². The molecule has 4 unspecified atom stereocenters. The van der Waals surface area contributed by atoms with Crippen LogP contribution in [0.1, 0.15) is 18.9 Å². The summed E-state index contributed by atoms with van der Waals surface area (Å²) in [6.45, 7) is 2.43. The summed E-state index contributed by atoms with van der Waals surface area (Å²) in [5.41, 5.74) is 0.727. The van der Waals surface area contributed by atoms with E-state index < -0.39 is 0 Å². The molecule has 2 amide bonds. The van der Waals surface area contributed by atoms with Gasteiger partial charge in [-0.25, -0.2) is 0 Å². The predicted molar refractivity (Wildman–Crippen MR) is 92.5 cm³/mol. The molecule has 4 atom stereocenters. The molecule has 1 saturated carbocycles. The number of imide groups is 1. The molecule has 0 radical (unpaired) electrons. The van der Waals surface area contributed by atoms with E-state index in [-0.39, 0.29) is 35.5 Å². The fraction of sp³-hybridized carbons (Fsp3) is 0.389. The van der Waals surface area contributed by atoms with Gasteiger partial charge in [-0.3, -0.25) is 9.59 Å². The first-order valence-electron chi connectivity index (χ1n) is 8.12. The number of rotatable bonds is 4. The van der Waals surface area contributed by atoms with Gasteiger partial charge in [-0.2, -0.15) is 10.1 Å². The molecule has 0 N–H and O–H groups in total. The number of ether oxygens (including phenoxy) is 1. The van der Waals surface area contributed by atoms with Crippen LogP contribution in [-0.4, -0.2) is 29.6 Å². The number of carbonyl (C=O) groups is 2. The van der Waals surface area contributed by atoms with Gasteiger partial charge in [0.2, 0.25) is 0 Å². The lowest BCUT2D eigenvalue weighted by Crippen LogP contribution is -2.28. The normalized spacial score (nSPS) is 30.7. The Morgan fingerprint density at radius 3 is 2.54 bits per heavy atom. The van der Waals surface area contributed by atoms with Gasteiger partial charge in [0.25, 0.3) is 11.8 Å². The van der Waals surface area contributed by atoms with Crippen molar-refractivity contribution in [3.63, 3.8) is 0 Å². The second-order valence-corrected chi connectivity index (χ2v) is 7.26. The molecule has 1 heterocycles. The first-order valence-corrected chi connectivity index (χ1v) is 8.92. The van der Waals surface area contributed by atoms with Crippen molar-refractivity contribution < 1.29 is 14.3 Å². The summed E-state index contributed by atoms with van der Waals surface area (Å²) < 4.78 is 6.45. The Kier molecular flexibility index (Phi) is 3.79. The molecule has 2 bridgehead atoms. The van der Waals surface area contributed by atoms with Crippen molar-refractivity contribution in [2.45, 2.75) is 13.3 Å². The second-order valence-electron chi connectivity index (χ2n) is 6.35. The van der Waals surface area contributed by atoms with Crippen LogP contribution in [0.4, 0.5) is 0 Å². The van der Waals surface area contributed by atoms with Crippen LogP contribution < -0.4 is 4.74 Å². The number of allylic oxidation sites excluding steroid dienone is 2. The molecular weight excluding hydrogens is 372 g/mol. The number of hydrogen-bond donors (Lipinski definition) is 0. The van der Waals surface area contributed by atoms with Crippen LogP contribution in [0.25, 0.3) is 0 Å². The fourth-order valence-corrected chi connectivity index (χ4v) is 4.41. The average molecular weight is 389 g/mol. The Balaban J connectivity index is 1.60. The molecule has 24 heavy (non-hydrogen) atoms. The second kappa shape index (κ2) is 5.84. The van der Waals surface area contributed by atoms with Crippen LogP contribution in [-0.2, 0) is 9.59 Å². The first kappa shape index (κ1) is 15.6. The van der Waals surface area contributed by atoms with Gasteiger partial charge in [-0.15, -0.1) is 0 Å². The van der Waals surface area contributed by atoms with Gasteiger partial charge in [-0.1, -0.05) is 28.1 Å². The molecular formula is C18H17BrN2O3. The van der Waals surface area contributed by atoms with E-state index in [1.807, 2.05) is 25.1 Å². The molecule has 3 aliphatic rings. The summed E-state index contributed by atoms with van der Waals surface area (Å²) in [5, 5.41) is 5.25. The third-order valence-electron chi connectivity index (χ3n) is 5.03. The van der Waals surface area contributed by atoms with Crippen molar-refractivity contribution in [1.29, 1.82) is 0 Å². The maximum Gasteiger partial charge on any atom is 0.254 e. The van der Waals surface area contributed by atoms with Crippen molar-refractivity contribution in [1.82, 2.24) is 5.01 Å². The predicted octanol–water partition coefficient (Wildman–Crippen LogP) is 2.99. The number of halogens is 1. The zero-order valence-electron chi connectivity index (χ0n) is 13.2. The maximum atomic E-state index is 12.6. The van der Waals surface area contributed by atoms with E-state index in [0.717, 1.165) is 21.5 Å². The van der Waals surface area contributed by atoms with Crippen molar-refractivity contribution in [2.75, 3.05) is 6.61 Å². The lowest BCUT2D eigenvalue weighted by Gasteiger charge is -2.13. The minimum Gasteiger partial charge on any atom is -0.493 e. The zero-order chi connectivity index (χ0) is 16.8. The Bertz CT molecular complexity index is 744. The Morgan fingerprint density at radius 1 is 1.25 bits per heavy atom. The van der Waals surface area contributed by atoms with Gasteiger partial charge in [0, 0.05) is 10.0 Å². The minimum absolute atomic E-state index is 0.175. The topological polar surface area (TPSA) is 59.0 Å². The molecule has 1 saturated heterocycles. The molecule has 2 aliphatic carbocycles. The summed E-state index contributed by atoms with van der Waals surface area (Å²) in [5.74, 6) is 0.266. The van der Waals surface area contributed by atoms with Crippen molar-refractivity contribution in [3.8, 4) is 5.75 Å². The quantitative estimate of drug-likeness (QED) is 0.452. The summed E-state index contributed by atoms with van der Waals surface area (Å²) >= 11 is 3.42. The molecule has 6 heteroatoms. The number of amides is 2. The third-order valence-corrected chi connectivity index (χ3v) is 5.52. The maximum absolute atomic E-state index is 12.6. The Labute approximate surface area is 148 Å². The van der Waals surface area contributed by atoms with Crippen LogP contribution in [0.2, 0.25) is 0 Å². The van der Waals surface area contributed by atoms with Crippen molar-refractivity contribution in [2.24, 2.45) is 28.8 Å². The summed E-state index contributed by atoms with van der Waals surface area (Å²) in [6.07, 6.45) is 6.60. The van der Waals surface area contributed by atoms with Gasteiger partial charge in [0.1, 0.15) is 5.75 Å². The van der Waals surface area contributed by atoms with Gasteiger partial charge in [-0.05, 0) is 43.4 Å². The van der Waals surface area contributed by atoms with Crippen LogP contribution in [0.3, 0.4) is 0 Å². The number of hydrogen-bond acceptors (Lipinski definition) is 4. The number of carbonyl (C=O) groups excluding carboxylic acids is 2. The lowest BCUT2D eigenvalue weighted by molar-refractivity contribution is -0.140. The first-order chi connectivity index (χ1) is 11.6. The molecule has 0 aromatic heterocycles. The molecule has 1 aliphatic heterocycles. The number of benzene rings is 1. The van der Waals surface area contributed by atoms with Gasteiger partial charge < -0.3 is 4.74 Å². The molecule has 1 aromatic rings. The fourth-order valence-electron chi connectivity index (χ4n) is 4.03. The standard InChI is InChI=1S/C18H17BrN2O3/c1-2-24-14-6-5-13(19)8-12(14)9-20-21-17(22)15-10-3-4-11(7-10)16(15)18(21)23/h3-6,8-11,15-16H,2,7H2,1H3. The number of fused-ring (bicyclic) bond motifs is 5. The Hall–Kier alpha value is -1.95. The number of nitrogens with zero attached hydrogens (tertiary/aromatic N) is 2. The molecule has 4 rings (SSSR count). The summed E-state index contributed by atoms with van der Waals surface area (Å²) in [7, 11) is 0. The summed E-state index contributed by atoms with van der Waals surface area (Å²) in [4.78, 5) is 25.2. The average Bonchev–Trinajstić information content (AvgIpc) is 3.23. The largest absolute Gasteiger partial charge is 0.493 e. The van der Waals surface area contributed by atoms with E-state index in [2.05, 4.69) is 33.2 Å². The zero-order valence-corrected chi connectivity index (χ0v) is 14.8. The van der Waals surface area contributed by atoms with Crippen LogP contribution in [0.5, 0.6) is 5.75 Å². The smallest absolute Gasteiger partial charge is 0.254 e. The van der Waals surface area contributed by atoms with E-state index in [4.69, 9.17) is 4.74 Å². The van der Waals surface area contributed by atoms with Gasteiger partial charge in [0.05, 0.1) is 24.7 Å². The van der Waals surface area contributed by atoms with E-state index in [1.165, 1.54) is 6.21 Å². The highest BCUT2D eigenvalue weighted by atomic mass is 79.9. The monoisotopic (exact) mass is 388 g/mol. The summed E-state index contributed by atoms with van der Waals surface area (Å²) in [6, 6.07) is 5.56. The highest BCUT2D eigenvalue weighted by Gasteiger charge is 2.59. The molecule has 0 spiro atoms. The van der Waals surface area contributed by atoms with E-state index in [0.29, 0.717) is 12.4 Å². The van der Waals surface area contributed by atoms with Gasteiger partial charge in [0.15, 0.2) is 0 Å². The highest BCUT2D eigenvalue weighted by molar-refractivity contribution is 9.10.